The zero-order valence-corrected chi connectivity index (χ0v) is 8.90. The minimum atomic E-state index is -5.39. The van der Waals surface area contributed by atoms with Gasteiger partial charge in [-0.05, 0) is 0 Å². The van der Waals surface area contributed by atoms with E-state index in [9.17, 15) is 0 Å². The fraction of sp³-hybridized carbons (Fsp3) is 0. The van der Waals surface area contributed by atoms with Gasteiger partial charge in [0.15, 0.2) is 0 Å². The van der Waals surface area contributed by atoms with Gasteiger partial charge >= 0.3 is 50.3 Å². The van der Waals surface area contributed by atoms with Crippen LogP contribution < -0.4 is 29.8 Å². The maximum absolute atomic E-state index is 8.55. The Morgan fingerprint density at radius 3 is 0.833 bits per heavy atom. The second-order valence-electron chi connectivity index (χ2n) is 0.736. The molecule has 0 aromatic heterocycles. The van der Waals surface area contributed by atoms with Crippen molar-refractivity contribution in [1.29, 1.82) is 0 Å². The molecule has 12 heteroatoms. The molecular formula is BCo3O7P. The molecule has 0 atom stereocenters. The van der Waals surface area contributed by atoms with Crippen molar-refractivity contribution in [3.63, 3.8) is 0 Å². The van der Waals surface area contributed by atoms with E-state index >= 15 is 0 Å². The van der Waals surface area contributed by atoms with Crippen LogP contribution in [0.3, 0.4) is 0 Å². The molecule has 0 spiro atoms. The van der Waals surface area contributed by atoms with Crippen molar-refractivity contribution in [1.82, 2.24) is 0 Å². The van der Waals surface area contributed by atoms with Crippen LogP contribution in [0.15, 0.2) is 0 Å². The van der Waals surface area contributed by atoms with E-state index in [4.69, 9.17) is 34.3 Å². The van der Waals surface area contributed by atoms with Crippen LogP contribution in [0.5, 0.6) is 0 Å². The standard InChI is InChI=1S/BO3.3Co.H3O4P/c2-1(3)4;;;;1-5(2,3)4/h;;;;(H3,1,2,3,4)/q-3;3*+2;/p-3. The van der Waals surface area contributed by atoms with Crippen molar-refractivity contribution in [2.45, 2.75) is 0 Å². The van der Waals surface area contributed by atoms with E-state index in [0.717, 1.165) is 0 Å². The third-order valence-electron chi connectivity index (χ3n) is 0. The topological polar surface area (TPSA) is 155 Å². The molecule has 0 saturated carbocycles. The number of phosphoric acid groups is 1. The molecule has 12 heavy (non-hydrogen) atoms. The van der Waals surface area contributed by atoms with Crippen molar-refractivity contribution < 1.29 is 84.7 Å². The van der Waals surface area contributed by atoms with Crippen molar-refractivity contribution in [2.75, 3.05) is 0 Å². The van der Waals surface area contributed by atoms with E-state index in [0.29, 0.717) is 0 Å². The smallest absolute Gasteiger partial charge is 0.907 e. The monoisotopic (exact) mass is 331 g/mol. The first kappa shape index (κ1) is 29.2. The molecular weight excluding hydrogens is 331 g/mol. The molecule has 0 amide bonds. The molecule has 0 N–H and O–H groups in total. The maximum Gasteiger partial charge on any atom is 2.00 e. The van der Waals surface area contributed by atoms with Gasteiger partial charge in [0.2, 0.25) is 0 Å². The molecule has 0 aliphatic carbocycles. The Morgan fingerprint density at radius 2 is 0.833 bits per heavy atom. The summed E-state index contributed by atoms with van der Waals surface area (Å²) in [5.74, 6) is 0. The van der Waals surface area contributed by atoms with E-state index in [1.54, 1.807) is 0 Å². The Balaban J connectivity index is -0.0000000221. The fourth-order valence-electron chi connectivity index (χ4n) is 0. The largest absolute Gasteiger partial charge is 2.00 e. The van der Waals surface area contributed by atoms with Crippen molar-refractivity contribution in [3.8, 4) is 0 Å². The molecule has 3 radical (unpaired) electrons. The molecule has 0 rings (SSSR count). The third-order valence-corrected chi connectivity index (χ3v) is 0. The predicted octanol–water partition coefficient (Wildman–Crippen LogP) is -6.78. The van der Waals surface area contributed by atoms with Crippen molar-refractivity contribution in [3.05, 3.63) is 0 Å². The Kier molecular flexibility index (Phi) is 36.7. The van der Waals surface area contributed by atoms with Gasteiger partial charge in [0.1, 0.15) is 0 Å². The summed E-state index contributed by atoms with van der Waals surface area (Å²) in [7, 11) is -8.31. The van der Waals surface area contributed by atoms with Crippen LogP contribution in [0.2, 0.25) is 0 Å². The molecule has 0 unspecified atom stereocenters. The Labute approximate surface area is 99.6 Å². The minimum absolute atomic E-state index is 0. The molecule has 0 bridgehead atoms. The Morgan fingerprint density at radius 1 is 0.833 bits per heavy atom. The summed E-state index contributed by atoms with van der Waals surface area (Å²) in [6.45, 7) is 0. The number of hydrogen-bond acceptors (Lipinski definition) is 7. The average molecular weight is 331 g/mol. The minimum Gasteiger partial charge on any atom is -0.907 e. The van der Waals surface area contributed by atoms with E-state index in [1.165, 1.54) is 0 Å². The van der Waals surface area contributed by atoms with Gasteiger partial charge in [0, 0.05) is 0 Å². The quantitative estimate of drug-likeness (QED) is 0.315. The summed E-state index contributed by atoms with van der Waals surface area (Å²) in [4.78, 5) is 25.6. The third kappa shape index (κ3) is 522. The van der Waals surface area contributed by atoms with Gasteiger partial charge in [-0.15, -0.1) is 0 Å². The van der Waals surface area contributed by atoms with Crippen LogP contribution in [0.25, 0.3) is 0 Å². The van der Waals surface area contributed by atoms with Gasteiger partial charge in [-0.25, -0.2) is 0 Å². The zero-order chi connectivity index (χ0) is 8.08. The Bertz CT molecular complexity index is 89.8. The molecule has 0 aliphatic rings. The normalized spacial score (nSPS) is 7.17. The van der Waals surface area contributed by atoms with Gasteiger partial charge in [-0.1, -0.05) is 0 Å². The molecule has 0 saturated heterocycles. The summed E-state index contributed by atoms with van der Waals surface area (Å²) in [6.07, 6.45) is 0. The SMILES string of the molecule is O=P([O-])([O-])[O-].[Co+2].[Co+2].[Co+2].[O-]B([O-])[O-]. The molecule has 0 fully saturated rings. The summed E-state index contributed by atoms with van der Waals surface area (Å²) < 4.78 is 8.55. The van der Waals surface area contributed by atoms with Gasteiger partial charge in [-0.2, -0.15) is 7.82 Å². The first-order valence-electron chi connectivity index (χ1n) is 1.44. The number of hydrogen-bond donors (Lipinski definition) is 0. The first-order valence-corrected chi connectivity index (χ1v) is 2.90. The predicted molar refractivity (Wildman–Crippen MR) is 13.4 cm³/mol. The molecule has 0 aromatic carbocycles. The van der Waals surface area contributed by atoms with Gasteiger partial charge in [0.25, 0.3) is 0 Å². The summed E-state index contributed by atoms with van der Waals surface area (Å²) in [6, 6.07) is 0. The molecule has 0 aromatic rings. The van der Waals surface area contributed by atoms with E-state index in [-0.39, 0.29) is 50.3 Å². The zero-order valence-electron chi connectivity index (χ0n) is 4.88. The van der Waals surface area contributed by atoms with Crippen LogP contribution in [-0.2, 0) is 54.9 Å². The summed E-state index contributed by atoms with van der Waals surface area (Å²) >= 11 is 0. The fourth-order valence-corrected chi connectivity index (χ4v) is 0. The second-order valence-corrected chi connectivity index (χ2v) is 1.63. The van der Waals surface area contributed by atoms with Crippen LogP contribution in [0, 0.1) is 0 Å². The Hall–Kier alpha value is 1.57. The molecule has 0 heterocycles. The van der Waals surface area contributed by atoms with Crippen LogP contribution >= 0.6 is 7.82 Å². The van der Waals surface area contributed by atoms with Gasteiger partial charge < -0.3 is 34.3 Å². The summed E-state index contributed by atoms with van der Waals surface area (Å²) in [5, 5.41) is 25.2. The van der Waals surface area contributed by atoms with Crippen LogP contribution in [0.4, 0.5) is 0 Å². The number of rotatable bonds is 0. The van der Waals surface area contributed by atoms with Gasteiger partial charge in [-0.3, -0.25) is 7.32 Å². The van der Waals surface area contributed by atoms with Crippen LogP contribution in [-0.4, -0.2) is 7.32 Å². The van der Waals surface area contributed by atoms with Crippen molar-refractivity contribution >= 4 is 15.1 Å². The second kappa shape index (κ2) is 15.1. The molecule has 7 nitrogen and oxygen atoms in total. The van der Waals surface area contributed by atoms with E-state index < -0.39 is 15.1 Å². The maximum atomic E-state index is 8.55. The molecule has 77 valence electrons. The van der Waals surface area contributed by atoms with E-state index in [2.05, 4.69) is 0 Å². The van der Waals surface area contributed by atoms with Crippen molar-refractivity contribution in [2.24, 2.45) is 0 Å². The average Bonchev–Trinajstić information content (AvgIpc) is 1.19. The van der Waals surface area contributed by atoms with Gasteiger partial charge in [0.05, 0.1) is 0 Å². The molecule has 0 aliphatic heterocycles. The van der Waals surface area contributed by atoms with E-state index in [1.807, 2.05) is 0 Å². The summed E-state index contributed by atoms with van der Waals surface area (Å²) in [5.41, 5.74) is 0. The first-order chi connectivity index (χ1) is 3.73. The van der Waals surface area contributed by atoms with Crippen LogP contribution in [0.1, 0.15) is 0 Å².